The number of carbonyl (C=O) groups is 2. The monoisotopic (exact) mass is 309 g/mol. The van der Waals surface area contributed by atoms with Gasteiger partial charge in [0.1, 0.15) is 0 Å². The van der Waals surface area contributed by atoms with Crippen LogP contribution in [0.4, 0.5) is 0 Å². The Morgan fingerprint density at radius 2 is 1.74 bits per heavy atom. The molecule has 4 nitrogen and oxygen atoms in total. The number of carbonyl (C=O) groups excluding carboxylic acids is 1. The van der Waals surface area contributed by atoms with Crippen molar-refractivity contribution in [3.8, 4) is 0 Å². The van der Waals surface area contributed by atoms with Crippen LogP contribution < -0.4 is 0 Å². The Morgan fingerprint density at radius 1 is 1.04 bits per heavy atom. The van der Waals surface area contributed by atoms with E-state index in [1.165, 1.54) is 6.07 Å². The van der Waals surface area contributed by atoms with Crippen LogP contribution in [0.2, 0.25) is 0 Å². The predicted molar refractivity (Wildman–Crippen MR) is 90.6 cm³/mol. The average molecular weight is 309 g/mol. The summed E-state index contributed by atoms with van der Waals surface area (Å²) in [5.74, 6) is -1.29. The molecule has 0 heterocycles. The molecule has 1 N–H and O–H groups in total. The van der Waals surface area contributed by atoms with Gasteiger partial charge in [-0.2, -0.15) is 0 Å². The summed E-state index contributed by atoms with van der Waals surface area (Å²) in [5, 5.41) is 9.19. The second-order valence-corrected chi connectivity index (χ2v) is 5.21. The van der Waals surface area contributed by atoms with E-state index in [0.29, 0.717) is 6.54 Å². The Balaban J connectivity index is 2.26. The van der Waals surface area contributed by atoms with E-state index in [1.807, 2.05) is 38.1 Å². The number of hydrogen-bond donors (Lipinski definition) is 1. The molecule has 0 fully saturated rings. The maximum absolute atomic E-state index is 12.5. The van der Waals surface area contributed by atoms with Gasteiger partial charge >= 0.3 is 5.97 Å². The van der Waals surface area contributed by atoms with Gasteiger partial charge in [0.25, 0.3) is 0 Å². The first kappa shape index (κ1) is 16.6. The van der Waals surface area contributed by atoms with Crippen LogP contribution in [0.3, 0.4) is 0 Å². The van der Waals surface area contributed by atoms with E-state index in [4.69, 9.17) is 0 Å². The lowest BCUT2D eigenvalue weighted by Crippen LogP contribution is -2.11. The van der Waals surface area contributed by atoms with E-state index in [9.17, 15) is 14.7 Å². The number of hydrogen-bond acceptors (Lipinski definition) is 3. The lowest BCUT2D eigenvalue weighted by molar-refractivity contribution is 0.0692. The van der Waals surface area contributed by atoms with Crippen LogP contribution in [-0.2, 0) is 6.42 Å². The molecule has 0 aliphatic carbocycles. The Kier molecular flexibility index (Phi) is 5.41. The Hall–Kier alpha value is -2.75. The van der Waals surface area contributed by atoms with Gasteiger partial charge in [0.05, 0.1) is 5.56 Å². The van der Waals surface area contributed by atoms with E-state index >= 15 is 0 Å². The van der Waals surface area contributed by atoms with Crippen molar-refractivity contribution in [1.82, 2.24) is 0 Å². The molecule has 0 atom stereocenters. The molecular formula is C19H19NO3. The van der Waals surface area contributed by atoms with E-state index in [-0.39, 0.29) is 23.3 Å². The van der Waals surface area contributed by atoms with E-state index in [1.54, 1.807) is 18.2 Å². The molecule has 0 spiro atoms. The molecule has 0 saturated carbocycles. The molecular weight excluding hydrogens is 290 g/mol. The SMILES string of the molecule is CCN=C(C)c1cccc(CC(=O)c2ccccc2C(=O)O)c1. The molecule has 0 amide bonds. The maximum atomic E-state index is 12.5. The van der Waals surface area contributed by atoms with Gasteiger partial charge in [0.2, 0.25) is 0 Å². The lowest BCUT2D eigenvalue weighted by atomic mass is 9.97. The first-order chi connectivity index (χ1) is 11.0. The van der Waals surface area contributed by atoms with Crippen molar-refractivity contribution in [3.05, 3.63) is 70.8 Å². The largest absolute Gasteiger partial charge is 0.478 e. The molecule has 2 aromatic carbocycles. The third kappa shape index (κ3) is 4.13. The van der Waals surface area contributed by atoms with Crippen molar-refractivity contribution in [3.63, 3.8) is 0 Å². The first-order valence-electron chi connectivity index (χ1n) is 7.48. The maximum Gasteiger partial charge on any atom is 0.336 e. The van der Waals surface area contributed by atoms with Crippen LogP contribution in [0.25, 0.3) is 0 Å². The third-order valence-corrected chi connectivity index (χ3v) is 3.56. The molecule has 0 saturated heterocycles. The number of carboxylic acid groups (broad SMARTS) is 1. The van der Waals surface area contributed by atoms with Gasteiger partial charge in [-0.1, -0.05) is 36.4 Å². The van der Waals surface area contributed by atoms with Crippen LogP contribution in [0.15, 0.2) is 53.5 Å². The fourth-order valence-corrected chi connectivity index (χ4v) is 2.43. The van der Waals surface area contributed by atoms with Gasteiger partial charge in [-0.05, 0) is 37.1 Å². The highest BCUT2D eigenvalue weighted by Crippen LogP contribution is 2.14. The molecule has 0 radical (unpaired) electrons. The van der Waals surface area contributed by atoms with Crippen LogP contribution in [0, 0.1) is 0 Å². The third-order valence-electron chi connectivity index (χ3n) is 3.56. The number of ketones is 1. The highest BCUT2D eigenvalue weighted by Gasteiger charge is 2.16. The molecule has 118 valence electrons. The highest BCUT2D eigenvalue weighted by atomic mass is 16.4. The summed E-state index contributed by atoms with van der Waals surface area (Å²) in [6, 6.07) is 13.9. The Labute approximate surface area is 135 Å². The second kappa shape index (κ2) is 7.49. The summed E-state index contributed by atoms with van der Waals surface area (Å²) >= 11 is 0. The van der Waals surface area contributed by atoms with Crippen LogP contribution in [-0.4, -0.2) is 29.1 Å². The number of aliphatic imine (C=N–C) groups is 1. The molecule has 0 aliphatic heterocycles. The van der Waals surface area contributed by atoms with Gasteiger partial charge < -0.3 is 5.11 Å². The van der Waals surface area contributed by atoms with Crippen LogP contribution >= 0.6 is 0 Å². The van der Waals surface area contributed by atoms with Crippen molar-refractivity contribution in [2.24, 2.45) is 4.99 Å². The molecule has 2 aromatic rings. The zero-order valence-corrected chi connectivity index (χ0v) is 13.2. The fourth-order valence-electron chi connectivity index (χ4n) is 2.43. The minimum Gasteiger partial charge on any atom is -0.478 e. The summed E-state index contributed by atoms with van der Waals surface area (Å²) in [7, 11) is 0. The minimum atomic E-state index is -1.09. The molecule has 0 bridgehead atoms. The standard InChI is InChI=1S/C19H19NO3/c1-3-20-13(2)15-8-6-7-14(11-15)12-18(21)16-9-4-5-10-17(16)19(22)23/h4-11H,3,12H2,1-2H3,(H,22,23). The summed E-state index contributed by atoms with van der Waals surface area (Å²) < 4.78 is 0. The minimum absolute atomic E-state index is 0.0392. The van der Waals surface area contributed by atoms with Crippen molar-refractivity contribution in [1.29, 1.82) is 0 Å². The predicted octanol–water partition coefficient (Wildman–Crippen LogP) is 3.64. The normalized spacial score (nSPS) is 11.3. The molecule has 2 rings (SSSR count). The van der Waals surface area contributed by atoms with Crippen molar-refractivity contribution < 1.29 is 14.7 Å². The van der Waals surface area contributed by atoms with Gasteiger partial charge in [-0.3, -0.25) is 9.79 Å². The van der Waals surface area contributed by atoms with Crippen molar-refractivity contribution >= 4 is 17.5 Å². The average Bonchev–Trinajstić information content (AvgIpc) is 2.55. The molecule has 0 unspecified atom stereocenters. The Bertz CT molecular complexity index is 763. The van der Waals surface area contributed by atoms with Gasteiger partial charge in [0.15, 0.2) is 5.78 Å². The second-order valence-electron chi connectivity index (χ2n) is 5.21. The van der Waals surface area contributed by atoms with Crippen LogP contribution in [0.5, 0.6) is 0 Å². The van der Waals surface area contributed by atoms with Gasteiger partial charge in [-0.25, -0.2) is 4.79 Å². The number of carboxylic acids is 1. The number of Topliss-reactive ketones (excluding diaryl/α,β-unsaturated/α-hetero) is 1. The molecule has 23 heavy (non-hydrogen) atoms. The van der Waals surface area contributed by atoms with E-state index < -0.39 is 5.97 Å². The number of benzene rings is 2. The van der Waals surface area contributed by atoms with E-state index in [0.717, 1.165) is 16.8 Å². The topological polar surface area (TPSA) is 66.7 Å². The van der Waals surface area contributed by atoms with Gasteiger partial charge in [0, 0.05) is 24.2 Å². The number of aromatic carboxylic acids is 1. The van der Waals surface area contributed by atoms with Crippen molar-refractivity contribution in [2.75, 3.05) is 6.54 Å². The van der Waals surface area contributed by atoms with Crippen molar-refractivity contribution in [2.45, 2.75) is 20.3 Å². The number of nitrogens with zero attached hydrogens (tertiary/aromatic N) is 1. The lowest BCUT2D eigenvalue weighted by Gasteiger charge is -2.07. The summed E-state index contributed by atoms with van der Waals surface area (Å²) in [6.45, 7) is 4.62. The van der Waals surface area contributed by atoms with Gasteiger partial charge in [-0.15, -0.1) is 0 Å². The first-order valence-corrected chi connectivity index (χ1v) is 7.48. The molecule has 0 aliphatic rings. The summed E-state index contributed by atoms with van der Waals surface area (Å²) in [5.41, 5.74) is 3.02. The zero-order chi connectivity index (χ0) is 16.8. The molecule has 4 heteroatoms. The quantitative estimate of drug-likeness (QED) is 0.654. The molecule has 0 aromatic heterocycles. The summed E-state index contributed by atoms with van der Waals surface area (Å²) in [4.78, 5) is 28.0. The summed E-state index contributed by atoms with van der Waals surface area (Å²) in [6.07, 6.45) is 0.164. The number of rotatable bonds is 6. The highest BCUT2D eigenvalue weighted by molar-refractivity contribution is 6.06. The smallest absolute Gasteiger partial charge is 0.336 e. The zero-order valence-electron chi connectivity index (χ0n) is 13.2. The van der Waals surface area contributed by atoms with E-state index in [2.05, 4.69) is 4.99 Å². The Morgan fingerprint density at radius 3 is 2.39 bits per heavy atom. The van der Waals surface area contributed by atoms with Crippen LogP contribution in [0.1, 0.15) is 45.7 Å². The fraction of sp³-hybridized carbons (Fsp3) is 0.211.